The summed E-state index contributed by atoms with van der Waals surface area (Å²) in [5, 5.41) is 0.567. The van der Waals surface area contributed by atoms with Gasteiger partial charge < -0.3 is 0 Å². The maximum atomic E-state index is 11.8. The van der Waals surface area contributed by atoms with E-state index in [0.29, 0.717) is 10.7 Å². The van der Waals surface area contributed by atoms with Gasteiger partial charge in [0.05, 0.1) is 5.69 Å². The Kier molecular flexibility index (Phi) is 2.72. The summed E-state index contributed by atoms with van der Waals surface area (Å²) < 4.78 is 0. The van der Waals surface area contributed by atoms with E-state index in [2.05, 4.69) is 0 Å². The zero-order valence-electron chi connectivity index (χ0n) is 9.16. The van der Waals surface area contributed by atoms with Crippen LogP contribution < -0.4 is 4.90 Å². The van der Waals surface area contributed by atoms with E-state index in [1.165, 1.54) is 4.90 Å². The van der Waals surface area contributed by atoms with Crippen molar-refractivity contribution in [2.45, 2.75) is 20.3 Å². The highest BCUT2D eigenvalue weighted by atomic mass is 35.5. The van der Waals surface area contributed by atoms with Gasteiger partial charge in [-0.25, -0.2) is 0 Å². The smallest absolute Gasteiger partial charge is 0.237 e. The first kappa shape index (κ1) is 11.1. The van der Waals surface area contributed by atoms with Crippen molar-refractivity contribution < 1.29 is 9.59 Å². The molecule has 1 aromatic rings. The number of aryl methyl sites for hydroxylation is 1. The summed E-state index contributed by atoms with van der Waals surface area (Å²) in [7, 11) is 0. The highest BCUT2D eigenvalue weighted by Crippen LogP contribution is 2.29. The molecule has 1 saturated heterocycles. The van der Waals surface area contributed by atoms with E-state index in [4.69, 9.17) is 11.6 Å². The lowest BCUT2D eigenvalue weighted by Gasteiger charge is -2.15. The standard InChI is InChI=1S/C12H12ClNO2/c1-7-3-4-9(6-10(7)13)14-11(15)5-8(2)12(14)16/h3-4,6,8H,5H2,1-2H3. The Morgan fingerprint density at radius 1 is 1.38 bits per heavy atom. The van der Waals surface area contributed by atoms with Crippen LogP contribution in [0.15, 0.2) is 18.2 Å². The summed E-state index contributed by atoms with van der Waals surface area (Å²) >= 11 is 5.97. The molecular weight excluding hydrogens is 226 g/mol. The molecule has 0 radical (unpaired) electrons. The summed E-state index contributed by atoms with van der Waals surface area (Å²) in [5.41, 5.74) is 1.49. The maximum Gasteiger partial charge on any atom is 0.237 e. The number of carbonyl (C=O) groups excluding carboxylic acids is 2. The number of hydrogen-bond donors (Lipinski definition) is 0. The first-order chi connectivity index (χ1) is 7.50. The van der Waals surface area contributed by atoms with Crippen LogP contribution in [0.5, 0.6) is 0 Å². The highest BCUT2D eigenvalue weighted by molar-refractivity contribution is 6.32. The molecule has 1 heterocycles. The molecule has 0 aliphatic carbocycles. The van der Waals surface area contributed by atoms with Crippen LogP contribution in [0.4, 0.5) is 5.69 Å². The van der Waals surface area contributed by atoms with Gasteiger partial charge in [-0.05, 0) is 24.6 Å². The third-order valence-corrected chi connectivity index (χ3v) is 3.19. The highest BCUT2D eigenvalue weighted by Gasteiger charge is 2.36. The SMILES string of the molecule is Cc1ccc(N2C(=O)CC(C)C2=O)cc1Cl. The predicted molar refractivity (Wildman–Crippen MR) is 62.5 cm³/mol. The van der Waals surface area contributed by atoms with E-state index in [1.807, 2.05) is 6.92 Å². The fraction of sp³-hybridized carbons (Fsp3) is 0.333. The molecular formula is C12H12ClNO2. The van der Waals surface area contributed by atoms with E-state index >= 15 is 0 Å². The van der Waals surface area contributed by atoms with Gasteiger partial charge in [0.2, 0.25) is 11.8 Å². The number of amides is 2. The van der Waals surface area contributed by atoms with E-state index < -0.39 is 0 Å². The Balaban J connectivity index is 2.41. The molecule has 0 saturated carbocycles. The fourth-order valence-electron chi connectivity index (χ4n) is 1.78. The van der Waals surface area contributed by atoms with Crippen molar-refractivity contribution in [3.63, 3.8) is 0 Å². The monoisotopic (exact) mass is 237 g/mol. The second kappa shape index (κ2) is 3.91. The number of nitrogens with zero attached hydrogens (tertiary/aromatic N) is 1. The molecule has 0 aromatic heterocycles. The molecule has 1 aromatic carbocycles. The first-order valence-corrected chi connectivity index (χ1v) is 5.51. The Morgan fingerprint density at radius 3 is 2.56 bits per heavy atom. The molecule has 2 amide bonds. The van der Waals surface area contributed by atoms with Gasteiger partial charge in [0.15, 0.2) is 0 Å². The van der Waals surface area contributed by atoms with Gasteiger partial charge in [0.25, 0.3) is 0 Å². The number of imide groups is 1. The van der Waals surface area contributed by atoms with Gasteiger partial charge in [-0.2, -0.15) is 0 Å². The number of rotatable bonds is 1. The van der Waals surface area contributed by atoms with Crippen molar-refractivity contribution in [2.24, 2.45) is 5.92 Å². The van der Waals surface area contributed by atoms with Crippen LogP contribution >= 0.6 is 11.6 Å². The Labute approximate surface area is 99.0 Å². The number of benzene rings is 1. The van der Waals surface area contributed by atoms with Crippen LogP contribution in [0.1, 0.15) is 18.9 Å². The Morgan fingerprint density at radius 2 is 2.06 bits per heavy atom. The molecule has 1 aliphatic heterocycles. The normalized spacial score (nSPS) is 20.7. The van der Waals surface area contributed by atoms with Crippen molar-refractivity contribution in [3.05, 3.63) is 28.8 Å². The van der Waals surface area contributed by atoms with Crippen molar-refractivity contribution >= 4 is 29.1 Å². The van der Waals surface area contributed by atoms with E-state index in [-0.39, 0.29) is 24.2 Å². The topological polar surface area (TPSA) is 37.4 Å². The molecule has 4 heteroatoms. The molecule has 1 aliphatic rings. The summed E-state index contributed by atoms with van der Waals surface area (Å²) in [6, 6.07) is 5.21. The molecule has 1 atom stereocenters. The van der Waals surface area contributed by atoms with Gasteiger partial charge in [-0.3, -0.25) is 14.5 Å². The van der Waals surface area contributed by atoms with Crippen LogP contribution in [0.3, 0.4) is 0 Å². The number of carbonyl (C=O) groups is 2. The predicted octanol–water partition coefficient (Wildman–Crippen LogP) is 2.55. The molecule has 16 heavy (non-hydrogen) atoms. The lowest BCUT2D eigenvalue weighted by molar-refractivity contribution is -0.122. The zero-order chi connectivity index (χ0) is 11.9. The van der Waals surface area contributed by atoms with Crippen LogP contribution in [0.25, 0.3) is 0 Å². The number of hydrogen-bond acceptors (Lipinski definition) is 2. The quantitative estimate of drug-likeness (QED) is 0.704. The second-order valence-electron chi connectivity index (χ2n) is 4.11. The van der Waals surface area contributed by atoms with Gasteiger partial charge in [0, 0.05) is 17.4 Å². The molecule has 1 fully saturated rings. The lowest BCUT2D eigenvalue weighted by Crippen LogP contribution is -2.29. The third-order valence-electron chi connectivity index (χ3n) is 2.79. The van der Waals surface area contributed by atoms with Crippen molar-refractivity contribution in [3.8, 4) is 0 Å². The van der Waals surface area contributed by atoms with Crippen LogP contribution in [0.2, 0.25) is 5.02 Å². The van der Waals surface area contributed by atoms with E-state index in [9.17, 15) is 9.59 Å². The van der Waals surface area contributed by atoms with E-state index in [0.717, 1.165) is 5.56 Å². The number of halogens is 1. The summed E-state index contributed by atoms with van der Waals surface area (Å²) in [6.07, 6.45) is 0.282. The molecule has 3 nitrogen and oxygen atoms in total. The minimum Gasteiger partial charge on any atom is -0.274 e. The minimum atomic E-state index is -0.229. The van der Waals surface area contributed by atoms with E-state index in [1.54, 1.807) is 25.1 Å². The summed E-state index contributed by atoms with van der Waals surface area (Å²) in [4.78, 5) is 24.6. The molecule has 1 unspecified atom stereocenters. The zero-order valence-corrected chi connectivity index (χ0v) is 9.91. The average molecular weight is 238 g/mol. The van der Waals surface area contributed by atoms with Crippen LogP contribution in [-0.2, 0) is 9.59 Å². The Bertz CT molecular complexity index is 470. The minimum absolute atomic E-state index is 0.148. The molecule has 0 N–H and O–H groups in total. The lowest BCUT2D eigenvalue weighted by atomic mass is 10.1. The molecule has 2 rings (SSSR count). The fourth-order valence-corrected chi connectivity index (χ4v) is 1.95. The van der Waals surface area contributed by atoms with Crippen LogP contribution in [-0.4, -0.2) is 11.8 Å². The van der Waals surface area contributed by atoms with Gasteiger partial charge in [0.1, 0.15) is 0 Å². The summed E-state index contributed by atoms with van der Waals surface area (Å²) in [5.74, 6) is -0.532. The summed E-state index contributed by atoms with van der Waals surface area (Å²) in [6.45, 7) is 3.64. The van der Waals surface area contributed by atoms with Gasteiger partial charge in [-0.15, -0.1) is 0 Å². The van der Waals surface area contributed by atoms with Crippen LogP contribution in [0, 0.1) is 12.8 Å². The molecule has 0 spiro atoms. The van der Waals surface area contributed by atoms with Gasteiger partial charge >= 0.3 is 0 Å². The molecule has 0 bridgehead atoms. The molecule has 84 valence electrons. The van der Waals surface area contributed by atoms with Crippen molar-refractivity contribution in [1.82, 2.24) is 0 Å². The maximum absolute atomic E-state index is 11.8. The van der Waals surface area contributed by atoms with Gasteiger partial charge in [-0.1, -0.05) is 24.6 Å². The third kappa shape index (κ3) is 1.71. The average Bonchev–Trinajstić information content (AvgIpc) is 2.47. The largest absolute Gasteiger partial charge is 0.274 e. The number of anilines is 1. The van der Waals surface area contributed by atoms with Crippen molar-refractivity contribution in [2.75, 3.05) is 4.90 Å². The second-order valence-corrected chi connectivity index (χ2v) is 4.51. The van der Waals surface area contributed by atoms with Crippen molar-refractivity contribution in [1.29, 1.82) is 0 Å². The Hall–Kier alpha value is -1.35. The first-order valence-electron chi connectivity index (χ1n) is 5.13.